The Bertz CT molecular complexity index is 810. The van der Waals surface area contributed by atoms with E-state index in [1.807, 2.05) is 17.0 Å². The third-order valence-electron chi connectivity index (χ3n) is 4.60. The van der Waals surface area contributed by atoms with Crippen LogP contribution in [-0.4, -0.2) is 32.2 Å². The van der Waals surface area contributed by atoms with E-state index in [4.69, 9.17) is 4.74 Å². The molecule has 0 unspecified atom stereocenters. The SMILES string of the molecule is CC(C)c1ccc(/C=C/C(=O)Nc2ccc(N3CCOCC3)c(F)c2)cc1. The van der Waals surface area contributed by atoms with Gasteiger partial charge in [-0.05, 0) is 41.3 Å². The molecule has 0 spiro atoms. The molecule has 142 valence electrons. The minimum Gasteiger partial charge on any atom is -0.378 e. The molecule has 1 amide bonds. The van der Waals surface area contributed by atoms with Gasteiger partial charge in [0.25, 0.3) is 0 Å². The second kappa shape index (κ2) is 8.82. The van der Waals surface area contributed by atoms with Crippen LogP contribution in [-0.2, 0) is 9.53 Å². The normalized spacial score (nSPS) is 14.7. The van der Waals surface area contributed by atoms with E-state index in [-0.39, 0.29) is 11.7 Å². The highest BCUT2D eigenvalue weighted by molar-refractivity contribution is 6.02. The Kier molecular flexibility index (Phi) is 6.24. The van der Waals surface area contributed by atoms with Gasteiger partial charge in [0, 0.05) is 24.9 Å². The van der Waals surface area contributed by atoms with E-state index in [0.717, 1.165) is 5.56 Å². The first-order chi connectivity index (χ1) is 13.0. The lowest BCUT2D eigenvalue weighted by molar-refractivity contribution is -0.111. The zero-order chi connectivity index (χ0) is 19.2. The summed E-state index contributed by atoms with van der Waals surface area (Å²) in [6.45, 7) is 6.81. The number of anilines is 2. The summed E-state index contributed by atoms with van der Waals surface area (Å²) in [5.74, 6) is -0.161. The number of amides is 1. The molecular weight excluding hydrogens is 343 g/mol. The Labute approximate surface area is 159 Å². The Morgan fingerprint density at radius 2 is 1.85 bits per heavy atom. The van der Waals surface area contributed by atoms with Gasteiger partial charge in [-0.15, -0.1) is 0 Å². The Morgan fingerprint density at radius 3 is 2.48 bits per heavy atom. The fraction of sp³-hybridized carbons (Fsp3) is 0.318. The van der Waals surface area contributed by atoms with E-state index < -0.39 is 0 Å². The van der Waals surface area contributed by atoms with Gasteiger partial charge in [0.1, 0.15) is 5.82 Å². The monoisotopic (exact) mass is 368 g/mol. The summed E-state index contributed by atoms with van der Waals surface area (Å²) < 4.78 is 19.7. The van der Waals surface area contributed by atoms with Crippen LogP contribution in [0, 0.1) is 5.82 Å². The van der Waals surface area contributed by atoms with Crippen LogP contribution >= 0.6 is 0 Å². The molecule has 5 heteroatoms. The maximum Gasteiger partial charge on any atom is 0.248 e. The van der Waals surface area contributed by atoms with Gasteiger partial charge < -0.3 is 15.0 Å². The maximum absolute atomic E-state index is 14.4. The predicted molar refractivity (Wildman–Crippen MR) is 108 cm³/mol. The van der Waals surface area contributed by atoms with Gasteiger partial charge in [0.05, 0.1) is 18.9 Å². The molecule has 1 N–H and O–H groups in total. The standard InChI is InChI=1S/C22H25FN2O2/c1-16(2)18-6-3-17(4-7-18)5-10-22(26)24-19-8-9-21(20(23)15-19)25-11-13-27-14-12-25/h3-10,15-16H,11-14H2,1-2H3,(H,24,26)/b10-5+. The van der Waals surface area contributed by atoms with Gasteiger partial charge in [-0.25, -0.2) is 4.39 Å². The molecule has 1 aliphatic heterocycles. The number of halogens is 1. The summed E-state index contributed by atoms with van der Waals surface area (Å²) in [6.07, 6.45) is 3.20. The van der Waals surface area contributed by atoms with Crippen LogP contribution in [0.1, 0.15) is 30.9 Å². The van der Waals surface area contributed by atoms with Crippen molar-refractivity contribution in [3.05, 3.63) is 65.5 Å². The van der Waals surface area contributed by atoms with Crippen LogP contribution < -0.4 is 10.2 Å². The summed E-state index contributed by atoms with van der Waals surface area (Å²) in [6, 6.07) is 12.9. The number of hydrogen-bond acceptors (Lipinski definition) is 3. The third kappa shape index (κ3) is 5.17. The van der Waals surface area contributed by atoms with Crippen LogP contribution in [0.15, 0.2) is 48.5 Å². The average molecular weight is 368 g/mol. The molecule has 2 aromatic carbocycles. The average Bonchev–Trinajstić information content (AvgIpc) is 2.67. The largest absolute Gasteiger partial charge is 0.378 e. The van der Waals surface area contributed by atoms with Gasteiger partial charge in [-0.1, -0.05) is 38.1 Å². The molecule has 0 aliphatic carbocycles. The molecule has 27 heavy (non-hydrogen) atoms. The first-order valence-corrected chi connectivity index (χ1v) is 9.24. The highest BCUT2D eigenvalue weighted by Gasteiger charge is 2.15. The van der Waals surface area contributed by atoms with Crippen molar-refractivity contribution in [3.8, 4) is 0 Å². The van der Waals surface area contributed by atoms with E-state index in [1.165, 1.54) is 17.7 Å². The fourth-order valence-electron chi connectivity index (χ4n) is 2.99. The molecule has 1 heterocycles. The molecule has 1 aliphatic rings. The quantitative estimate of drug-likeness (QED) is 0.794. The molecule has 2 aromatic rings. The highest BCUT2D eigenvalue weighted by atomic mass is 19.1. The van der Waals surface area contributed by atoms with Crippen molar-refractivity contribution in [1.82, 2.24) is 0 Å². The highest BCUT2D eigenvalue weighted by Crippen LogP contribution is 2.24. The molecule has 0 aromatic heterocycles. The molecule has 4 nitrogen and oxygen atoms in total. The number of carbonyl (C=O) groups is 1. The summed E-state index contributed by atoms with van der Waals surface area (Å²) >= 11 is 0. The maximum atomic E-state index is 14.4. The number of ether oxygens (including phenoxy) is 1. The van der Waals surface area contributed by atoms with Gasteiger partial charge in [-0.3, -0.25) is 4.79 Å². The van der Waals surface area contributed by atoms with E-state index in [9.17, 15) is 9.18 Å². The predicted octanol–water partition coefficient (Wildman–Crippen LogP) is 4.44. The van der Waals surface area contributed by atoms with Crippen molar-refractivity contribution in [2.24, 2.45) is 0 Å². The smallest absolute Gasteiger partial charge is 0.248 e. The second-order valence-electron chi connectivity index (χ2n) is 6.91. The molecule has 1 fully saturated rings. The zero-order valence-electron chi connectivity index (χ0n) is 15.7. The number of carbonyl (C=O) groups excluding carboxylic acids is 1. The van der Waals surface area contributed by atoms with Crippen molar-refractivity contribution < 1.29 is 13.9 Å². The topological polar surface area (TPSA) is 41.6 Å². The minimum absolute atomic E-state index is 0.290. The number of morpholine rings is 1. The van der Waals surface area contributed by atoms with Crippen molar-refractivity contribution >= 4 is 23.4 Å². The minimum atomic E-state index is -0.344. The van der Waals surface area contributed by atoms with Crippen LogP contribution in [0.2, 0.25) is 0 Å². The molecule has 3 rings (SSSR count). The van der Waals surface area contributed by atoms with Crippen molar-refractivity contribution in [3.63, 3.8) is 0 Å². The van der Waals surface area contributed by atoms with Crippen molar-refractivity contribution in [2.45, 2.75) is 19.8 Å². The van der Waals surface area contributed by atoms with E-state index in [0.29, 0.717) is 43.6 Å². The third-order valence-corrected chi connectivity index (χ3v) is 4.60. The van der Waals surface area contributed by atoms with Crippen molar-refractivity contribution in [1.29, 1.82) is 0 Å². The number of hydrogen-bond donors (Lipinski definition) is 1. The lowest BCUT2D eigenvalue weighted by Crippen LogP contribution is -2.36. The lowest BCUT2D eigenvalue weighted by atomic mass is 10.0. The summed E-state index contributed by atoms with van der Waals surface area (Å²) in [5.41, 5.74) is 3.18. The van der Waals surface area contributed by atoms with E-state index >= 15 is 0 Å². The molecule has 1 saturated heterocycles. The van der Waals surface area contributed by atoms with Crippen molar-refractivity contribution in [2.75, 3.05) is 36.5 Å². The van der Waals surface area contributed by atoms with E-state index in [1.54, 1.807) is 18.2 Å². The van der Waals surface area contributed by atoms with Crippen LogP contribution in [0.4, 0.5) is 15.8 Å². The molecule has 0 radical (unpaired) electrons. The lowest BCUT2D eigenvalue weighted by Gasteiger charge is -2.29. The number of rotatable bonds is 5. The summed E-state index contributed by atoms with van der Waals surface area (Å²) in [5, 5.41) is 2.70. The number of nitrogens with one attached hydrogen (secondary N) is 1. The molecule has 0 atom stereocenters. The van der Waals surface area contributed by atoms with Gasteiger partial charge in [0.15, 0.2) is 0 Å². The number of nitrogens with zero attached hydrogens (tertiary/aromatic N) is 1. The Hall–Kier alpha value is -2.66. The van der Waals surface area contributed by atoms with Crippen LogP contribution in [0.5, 0.6) is 0 Å². The molecule has 0 saturated carbocycles. The first kappa shape index (κ1) is 19.1. The Balaban J connectivity index is 1.61. The van der Waals surface area contributed by atoms with Crippen LogP contribution in [0.25, 0.3) is 6.08 Å². The van der Waals surface area contributed by atoms with Gasteiger partial charge >= 0.3 is 0 Å². The van der Waals surface area contributed by atoms with Gasteiger partial charge in [0.2, 0.25) is 5.91 Å². The molecular formula is C22H25FN2O2. The first-order valence-electron chi connectivity index (χ1n) is 9.24. The zero-order valence-corrected chi connectivity index (χ0v) is 15.7. The van der Waals surface area contributed by atoms with E-state index in [2.05, 4.69) is 31.3 Å². The Morgan fingerprint density at radius 1 is 1.15 bits per heavy atom. The van der Waals surface area contributed by atoms with Crippen LogP contribution in [0.3, 0.4) is 0 Å². The fourth-order valence-corrected chi connectivity index (χ4v) is 2.99. The summed E-state index contributed by atoms with van der Waals surface area (Å²) in [4.78, 5) is 14.1. The second-order valence-corrected chi connectivity index (χ2v) is 6.91. The molecule has 0 bridgehead atoms. The number of benzene rings is 2. The summed E-state index contributed by atoms with van der Waals surface area (Å²) in [7, 11) is 0. The van der Waals surface area contributed by atoms with Gasteiger partial charge in [-0.2, -0.15) is 0 Å².